The number of ether oxygens (including phenoxy) is 4. The lowest BCUT2D eigenvalue weighted by molar-refractivity contribution is 0.0318. The number of fused-ring (bicyclic) bond motifs is 4. The molecule has 1 fully saturated rings. The molecule has 0 amide bonds. The van der Waals surface area contributed by atoms with Gasteiger partial charge in [-0.3, -0.25) is 0 Å². The Morgan fingerprint density at radius 2 is 1.32 bits per heavy atom. The van der Waals surface area contributed by atoms with Crippen LogP contribution in [-0.2, 0) is 20.6 Å². The summed E-state index contributed by atoms with van der Waals surface area (Å²) in [7, 11) is 0. The van der Waals surface area contributed by atoms with Gasteiger partial charge in [0.25, 0.3) is 0 Å². The van der Waals surface area contributed by atoms with Gasteiger partial charge in [-0.1, -0.05) is 72.8 Å². The van der Waals surface area contributed by atoms with Crippen molar-refractivity contribution < 1.29 is 18.9 Å². The quantitative estimate of drug-likeness (QED) is 0.196. The van der Waals surface area contributed by atoms with Crippen LogP contribution in [0.25, 0.3) is 33.0 Å². The summed E-state index contributed by atoms with van der Waals surface area (Å²) in [6.07, 6.45) is 1.27. The summed E-state index contributed by atoms with van der Waals surface area (Å²) >= 11 is 0. The van der Waals surface area contributed by atoms with Crippen molar-refractivity contribution in [1.29, 1.82) is 0 Å². The Kier molecular flexibility index (Phi) is 6.02. The SMILES string of the molecule is c1ccc2c(c1)Cc1c-2cccc1-c1cccc2c(OCCOCCOCC3CO3)cccc12. The molecule has 4 aromatic rings. The lowest BCUT2D eigenvalue weighted by Gasteiger charge is -2.14. The highest BCUT2D eigenvalue weighted by molar-refractivity contribution is 6.01. The van der Waals surface area contributed by atoms with Crippen LogP contribution in [0, 0.1) is 0 Å². The molecule has 1 saturated heterocycles. The molecule has 0 bridgehead atoms. The highest BCUT2D eigenvalue weighted by Crippen LogP contribution is 2.43. The Bertz CT molecular complexity index is 1310. The standard InChI is InChI=1S/C30H28O4/c1-2-7-23-21(6-1)18-29-24(23)8-3-10-27(29)25-9-4-12-28-26(25)11-5-13-30(28)33-17-16-31-14-15-32-19-22-20-34-22/h1-13,22H,14-20H2. The predicted molar refractivity (Wildman–Crippen MR) is 134 cm³/mol. The molecular weight excluding hydrogens is 424 g/mol. The van der Waals surface area contributed by atoms with Gasteiger partial charge in [-0.05, 0) is 51.3 Å². The smallest absolute Gasteiger partial charge is 0.127 e. The Morgan fingerprint density at radius 3 is 2.24 bits per heavy atom. The van der Waals surface area contributed by atoms with Gasteiger partial charge in [-0.25, -0.2) is 0 Å². The highest BCUT2D eigenvalue weighted by Gasteiger charge is 2.22. The summed E-state index contributed by atoms with van der Waals surface area (Å²) in [5.41, 5.74) is 8.07. The number of epoxide rings is 1. The molecule has 1 aliphatic heterocycles. The zero-order valence-electron chi connectivity index (χ0n) is 19.2. The van der Waals surface area contributed by atoms with Crippen LogP contribution in [0.1, 0.15) is 11.1 Å². The molecule has 1 heterocycles. The Balaban J connectivity index is 1.18. The summed E-state index contributed by atoms with van der Waals surface area (Å²) in [5, 5.41) is 2.34. The van der Waals surface area contributed by atoms with E-state index < -0.39 is 0 Å². The average molecular weight is 453 g/mol. The Hall–Kier alpha value is -3.18. The molecule has 4 nitrogen and oxygen atoms in total. The van der Waals surface area contributed by atoms with Crippen molar-refractivity contribution >= 4 is 10.8 Å². The van der Waals surface area contributed by atoms with Crippen LogP contribution in [0.2, 0.25) is 0 Å². The molecule has 172 valence electrons. The van der Waals surface area contributed by atoms with Gasteiger partial charge in [0.05, 0.1) is 33.0 Å². The van der Waals surface area contributed by atoms with Crippen LogP contribution in [0.15, 0.2) is 78.9 Å². The van der Waals surface area contributed by atoms with Gasteiger partial charge in [0, 0.05) is 5.39 Å². The molecule has 0 radical (unpaired) electrons. The third-order valence-electron chi connectivity index (χ3n) is 6.59. The second-order valence-corrected chi connectivity index (χ2v) is 8.81. The van der Waals surface area contributed by atoms with E-state index in [9.17, 15) is 0 Å². The lowest BCUT2D eigenvalue weighted by Crippen LogP contribution is -2.12. The molecule has 34 heavy (non-hydrogen) atoms. The summed E-state index contributed by atoms with van der Waals surface area (Å²) in [6, 6.07) is 28.2. The van der Waals surface area contributed by atoms with E-state index in [0.717, 1.165) is 24.2 Å². The second-order valence-electron chi connectivity index (χ2n) is 8.81. The molecule has 1 aliphatic carbocycles. The van der Waals surface area contributed by atoms with Crippen LogP contribution >= 0.6 is 0 Å². The molecule has 4 heteroatoms. The number of rotatable bonds is 10. The number of hydrogen-bond donors (Lipinski definition) is 0. The van der Waals surface area contributed by atoms with E-state index in [1.165, 1.54) is 38.8 Å². The fourth-order valence-electron chi connectivity index (χ4n) is 4.86. The van der Waals surface area contributed by atoms with Crippen LogP contribution < -0.4 is 4.74 Å². The molecule has 6 rings (SSSR count). The first-order chi connectivity index (χ1) is 16.9. The third kappa shape index (κ3) is 4.32. The molecule has 0 N–H and O–H groups in total. The van der Waals surface area contributed by atoms with Gasteiger partial charge in [0.15, 0.2) is 0 Å². The van der Waals surface area contributed by atoms with E-state index in [-0.39, 0.29) is 0 Å². The van der Waals surface area contributed by atoms with Crippen LogP contribution in [0.4, 0.5) is 0 Å². The van der Waals surface area contributed by atoms with E-state index in [1.807, 2.05) is 6.07 Å². The van der Waals surface area contributed by atoms with Crippen molar-refractivity contribution in [3.05, 3.63) is 90.0 Å². The predicted octanol–water partition coefficient (Wildman–Crippen LogP) is 5.89. The fourth-order valence-corrected chi connectivity index (χ4v) is 4.86. The summed E-state index contributed by atoms with van der Waals surface area (Å²) in [4.78, 5) is 0. The second kappa shape index (κ2) is 9.59. The maximum atomic E-state index is 6.12. The molecule has 0 aromatic heterocycles. The van der Waals surface area contributed by atoms with Gasteiger partial charge >= 0.3 is 0 Å². The third-order valence-corrected chi connectivity index (χ3v) is 6.59. The zero-order chi connectivity index (χ0) is 22.7. The molecule has 0 spiro atoms. The van der Waals surface area contributed by atoms with E-state index in [4.69, 9.17) is 18.9 Å². The highest BCUT2D eigenvalue weighted by atomic mass is 16.6. The van der Waals surface area contributed by atoms with Crippen LogP contribution in [0.3, 0.4) is 0 Å². The minimum atomic E-state index is 0.298. The largest absolute Gasteiger partial charge is 0.491 e. The van der Waals surface area contributed by atoms with Crippen molar-refractivity contribution in [2.24, 2.45) is 0 Å². The minimum absolute atomic E-state index is 0.298. The molecular formula is C30H28O4. The molecule has 2 aliphatic rings. The average Bonchev–Trinajstić information content (AvgIpc) is 3.63. The zero-order valence-corrected chi connectivity index (χ0v) is 19.2. The first-order valence-corrected chi connectivity index (χ1v) is 12.0. The van der Waals surface area contributed by atoms with E-state index in [1.54, 1.807) is 0 Å². The van der Waals surface area contributed by atoms with Gasteiger partial charge in [-0.2, -0.15) is 0 Å². The monoisotopic (exact) mass is 452 g/mol. The van der Waals surface area contributed by atoms with Crippen LogP contribution in [0.5, 0.6) is 5.75 Å². The molecule has 0 saturated carbocycles. The first kappa shape index (κ1) is 21.4. The number of hydrogen-bond acceptors (Lipinski definition) is 4. The first-order valence-electron chi connectivity index (χ1n) is 12.0. The molecule has 1 atom stereocenters. The maximum absolute atomic E-state index is 6.12. The lowest BCUT2D eigenvalue weighted by atomic mass is 9.92. The van der Waals surface area contributed by atoms with Crippen molar-refractivity contribution in [3.8, 4) is 28.0 Å². The Labute approximate surface area is 200 Å². The fraction of sp³-hybridized carbons (Fsp3) is 0.267. The van der Waals surface area contributed by atoms with Gasteiger partial charge in [0.1, 0.15) is 18.5 Å². The van der Waals surface area contributed by atoms with Crippen molar-refractivity contribution in [1.82, 2.24) is 0 Å². The Morgan fingerprint density at radius 1 is 0.647 bits per heavy atom. The van der Waals surface area contributed by atoms with Gasteiger partial charge in [-0.15, -0.1) is 0 Å². The summed E-state index contributed by atoms with van der Waals surface area (Å²) in [6.45, 7) is 3.67. The van der Waals surface area contributed by atoms with Crippen molar-refractivity contribution in [3.63, 3.8) is 0 Å². The maximum Gasteiger partial charge on any atom is 0.127 e. The van der Waals surface area contributed by atoms with Gasteiger partial charge < -0.3 is 18.9 Å². The van der Waals surface area contributed by atoms with Crippen LogP contribution in [-0.4, -0.2) is 45.7 Å². The molecule has 1 unspecified atom stereocenters. The van der Waals surface area contributed by atoms with Gasteiger partial charge in [0.2, 0.25) is 0 Å². The topological polar surface area (TPSA) is 40.2 Å². The summed E-state index contributed by atoms with van der Waals surface area (Å²) in [5.74, 6) is 0.890. The summed E-state index contributed by atoms with van der Waals surface area (Å²) < 4.78 is 22.4. The molecule has 4 aromatic carbocycles. The van der Waals surface area contributed by atoms with Crippen molar-refractivity contribution in [2.45, 2.75) is 12.5 Å². The van der Waals surface area contributed by atoms with E-state index >= 15 is 0 Å². The van der Waals surface area contributed by atoms with Crippen molar-refractivity contribution in [2.75, 3.05) is 39.6 Å². The van der Waals surface area contributed by atoms with E-state index in [2.05, 4.69) is 72.8 Å². The minimum Gasteiger partial charge on any atom is -0.491 e. The normalized spacial score (nSPS) is 15.8. The number of benzene rings is 4. The van der Waals surface area contributed by atoms with E-state index in [0.29, 0.717) is 39.1 Å².